The molecular formula is C12H20O10S2. The van der Waals surface area contributed by atoms with Crippen molar-refractivity contribution < 1.29 is 45.0 Å². The molecule has 0 heterocycles. The molecule has 12 heteroatoms. The molecule has 2 unspecified atom stereocenters. The molecule has 0 saturated carbocycles. The monoisotopic (exact) mass is 388 g/mol. The zero-order valence-corrected chi connectivity index (χ0v) is 14.7. The van der Waals surface area contributed by atoms with E-state index in [9.17, 15) is 26.4 Å². The second kappa shape index (κ2) is 9.71. The van der Waals surface area contributed by atoms with Crippen molar-refractivity contribution in [2.75, 3.05) is 0 Å². The van der Waals surface area contributed by atoms with Crippen molar-refractivity contribution in [3.05, 3.63) is 12.2 Å². The number of esters is 2. The normalized spacial score (nSPS) is 15.0. The summed E-state index contributed by atoms with van der Waals surface area (Å²) in [5, 5.41) is 0. The van der Waals surface area contributed by atoms with Crippen LogP contribution < -0.4 is 0 Å². The third kappa shape index (κ3) is 8.96. The van der Waals surface area contributed by atoms with E-state index in [0.29, 0.717) is 25.0 Å². The summed E-state index contributed by atoms with van der Waals surface area (Å²) in [6.07, 6.45) is 1.34. The van der Waals surface area contributed by atoms with Gasteiger partial charge in [0.1, 0.15) is 0 Å². The maximum absolute atomic E-state index is 11.4. The van der Waals surface area contributed by atoms with Crippen molar-refractivity contribution in [3.63, 3.8) is 0 Å². The van der Waals surface area contributed by atoms with E-state index in [2.05, 4.69) is 9.47 Å². The van der Waals surface area contributed by atoms with Gasteiger partial charge in [0.25, 0.3) is 0 Å². The Hall–Kier alpha value is -1.50. The predicted octanol–water partition coefficient (Wildman–Crippen LogP) is 0.657. The van der Waals surface area contributed by atoms with Crippen molar-refractivity contribution in [2.24, 2.45) is 0 Å². The van der Waals surface area contributed by atoms with Gasteiger partial charge in [0.05, 0.1) is 0 Å². The second-order valence-corrected chi connectivity index (χ2v) is 7.78. The smallest absolute Gasteiger partial charge is 0.332 e. The first-order chi connectivity index (χ1) is 10.9. The van der Waals surface area contributed by atoms with Crippen LogP contribution in [0.4, 0.5) is 0 Å². The van der Waals surface area contributed by atoms with E-state index in [1.807, 2.05) is 0 Å². The van der Waals surface area contributed by atoms with Gasteiger partial charge in [-0.2, -0.15) is 16.8 Å². The van der Waals surface area contributed by atoms with Crippen LogP contribution in [0.25, 0.3) is 0 Å². The zero-order chi connectivity index (χ0) is 19.0. The molecule has 0 aromatic rings. The van der Waals surface area contributed by atoms with Gasteiger partial charge in [0, 0.05) is 25.0 Å². The van der Waals surface area contributed by atoms with Crippen molar-refractivity contribution in [3.8, 4) is 0 Å². The predicted molar refractivity (Wildman–Crippen MR) is 81.8 cm³/mol. The quantitative estimate of drug-likeness (QED) is 0.309. The minimum Gasteiger partial charge on any atom is -0.440 e. The summed E-state index contributed by atoms with van der Waals surface area (Å²) >= 11 is 0. The minimum absolute atomic E-state index is 0.149. The Balaban J connectivity index is 4.82. The second-order valence-electron chi connectivity index (χ2n) is 4.67. The van der Waals surface area contributed by atoms with Gasteiger partial charge in [0.2, 0.25) is 10.9 Å². The largest absolute Gasteiger partial charge is 0.440 e. The Morgan fingerprint density at radius 3 is 1.33 bits per heavy atom. The molecule has 0 aliphatic rings. The highest BCUT2D eigenvalue weighted by Crippen LogP contribution is 2.11. The van der Waals surface area contributed by atoms with E-state index in [1.165, 1.54) is 0 Å². The van der Waals surface area contributed by atoms with Crippen LogP contribution in [0.3, 0.4) is 0 Å². The van der Waals surface area contributed by atoms with Gasteiger partial charge < -0.3 is 9.47 Å². The number of hydrogen-bond donors (Lipinski definition) is 2. The molecule has 0 aromatic carbocycles. The highest BCUT2D eigenvalue weighted by molar-refractivity contribution is 7.86. The van der Waals surface area contributed by atoms with Gasteiger partial charge in [-0.05, 0) is 0 Å². The number of hydrogen-bond acceptors (Lipinski definition) is 8. The molecule has 0 radical (unpaired) electrons. The molecule has 0 aliphatic heterocycles. The molecule has 10 nitrogen and oxygen atoms in total. The van der Waals surface area contributed by atoms with Crippen LogP contribution in [-0.2, 0) is 39.3 Å². The lowest BCUT2D eigenvalue weighted by Gasteiger charge is -2.13. The Morgan fingerprint density at radius 2 is 1.12 bits per heavy atom. The first kappa shape index (κ1) is 22.5. The van der Waals surface area contributed by atoms with Gasteiger partial charge in [-0.15, -0.1) is 0 Å². The van der Waals surface area contributed by atoms with E-state index in [0.717, 1.165) is 0 Å². The van der Waals surface area contributed by atoms with E-state index in [4.69, 9.17) is 9.11 Å². The average molecular weight is 388 g/mol. The fourth-order valence-electron chi connectivity index (χ4n) is 1.48. The van der Waals surface area contributed by atoms with E-state index < -0.39 is 43.0 Å². The van der Waals surface area contributed by atoms with Crippen LogP contribution in [0.15, 0.2) is 12.2 Å². The summed E-state index contributed by atoms with van der Waals surface area (Å²) in [7, 11) is -9.22. The zero-order valence-electron chi connectivity index (χ0n) is 13.1. The molecule has 0 fully saturated rings. The lowest BCUT2D eigenvalue weighted by Crippen LogP contribution is -2.27. The average Bonchev–Trinajstić information content (AvgIpc) is 2.42. The molecule has 0 bridgehead atoms. The minimum atomic E-state index is -4.61. The van der Waals surface area contributed by atoms with Crippen LogP contribution in [0.5, 0.6) is 0 Å². The summed E-state index contributed by atoms with van der Waals surface area (Å²) in [4.78, 5) is 22.9. The topological polar surface area (TPSA) is 161 Å². The number of carbonyl (C=O) groups is 2. The Labute approximate surface area is 140 Å². The summed E-state index contributed by atoms with van der Waals surface area (Å²) < 4.78 is 70.7. The Kier molecular flexibility index (Phi) is 9.11. The fourth-order valence-corrected chi connectivity index (χ4v) is 2.98. The molecule has 2 atom stereocenters. The van der Waals surface area contributed by atoms with Gasteiger partial charge in [-0.3, -0.25) is 9.11 Å². The van der Waals surface area contributed by atoms with E-state index in [-0.39, 0.29) is 12.8 Å². The van der Waals surface area contributed by atoms with E-state index in [1.54, 1.807) is 13.8 Å². The van der Waals surface area contributed by atoms with Crippen LogP contribution in [0, 0.1) is 0 Å². The maximum atomic E-state index is 11.4. The third-order valence-electron chi connectivity index (χ3n) is 2.56. The third-order valence-corrected chi connectivity index (χ3v) is 4.56. The molecule has 0 spiro atoms. The van der Waals surface area contributed by atoms with Crippen molar-refractivity contribution in [1.82, 2.24) is 0 Å². The van der Waals surface area contributed by atoms with Gasteiger partial charge in [-0.25, -0.2) is 9.59 Å². The lowest BCUT2D eigenvalue weighted by atomic mass is 10.3. The molecule has 24 heavy (non-hydrogen) atoms. The van der Waals surface area contributed by atoms with E-state index >= 15 is 0 Å². The number of carbonyl (C=O) groups excluding carboxylic acids is 2. The summed E-state index contributed by atoms with van der Waals surface area (Å²) in [5.41, 5.74) is -3.55. The van der Waals surface area contributed by atoms with Crippen LogP contribution in [-0.4, -0.2) is 48.8 Å². The fraction of sp³-hybridized carbons (Fsp3) is 0.667. The van der Waals surface area contributed by atoms with Crippen molar-refractivity contribution in [2.45, 2.75) is 50.4 Å². The summed E-state index contributed by atoms with van der Waals surface area (Å²) in [5.74, 6) is -2.50. The Bertz CT molecular complexity index is 604. The highest BCUT2D eigenvalue weighted by atomic mass is 32.2. The van der Waals surface area contributed by atoms with Crippen LogP contribution >= 0.6 is 0 Å². The number of ether oxygens (including phenoxy) is 2. The summed E-state index contributed by atoms with van der Waals surface area (Å²) in [6.45, 7) is 3.20. The van der Waals surface area contributed by atoms with Crippen molar-refractivity contribution >= 4 is 32.2 Å². The standard InChI is InChI=1S/C12H20O10S2/c1-3-5-11(23(15,16)17)21-9(13)7-8-10(14)22-12(6-4-2)24(18,19)20/h7-8,11-12H,3-6H2,1-2H3,(H,15,16,17)(H,18,19,20)/b8-7-. The molecular weight excluding hydrogens is 368 g/mol. The lowest BCUT2D eigenvalue weighted by molar-refractivity contribution is -0.142. The molecule has 0 amide bonds. The van der Waals surface area contributed by atoms with Gasteiger partial charge in [-0.1, -0.05) is 26.7 Å². The molecule has 0 rings (SSSR count). The molecule has 0 saturated heterocycles. The molecule has 140 valence electrons. The van der Waals surface area contributed by atoms with Crippen LogP contribution in [0.2, 0.25) is 0 Å². The molecule has 0 aliphatic carbocycles. The molecule has 2 N–H and O–H groups in total. The SMILES string of the molecule is CCCC(OC(=O)/C=C\C(=O)OC(CCC)S(=O)(=O)O)S(=O)(=O)O. The first-order valence-electron chi connectivity index (χ1n) is 6.93. The summed E-state index contributed by atoms with van der Waals surface area (Å²) in [6, 6.07) is 0. The van der Waals surface area contributed by atoms with Gasteiger partial charge >= 0.3 is 32.2 Å². The number of rotatable bonds is 10. The maximum Gasteiger partial charge on any atom is 0.332 e. The highest BCUT2D eigenvalue weighted by Gasteiger charge is 2.27. The van der Waals surface area contributed by atoms with Crippen LogP contribution in [0.1, 0.15) is 39.5 Å². The van der Waals surface area contributed by atoms with Crippen molar-refractivity contribution in [1.29, 1.82) is 0 Å². The van der Waals surface area contributed by atoms with Gasteiger partial charge in [0.15, 0.2) is 0 Å². The Morgan fingerprint density at radius 1 is 0.833 bits per heavy atom. The first-order valence-corrected chi connectivity index (χ1v) is 9.94. The molecule has 0 aromatic heterocycles.